The highest BCUT2D eigenvalue weighted by Gasteiger charge is 2.27. The molecule has 3 rings (SSSR count). The molecule has 1 aliphatic rings. The van der Waals surface area contributed by atoms with E-state index in [4.69, 9.17) is 0 Å². The van der Waals surface area contributed by atoms with Gasteiger partial charge in [0.2, 0.25) is 5.91 Å². The summed E-state index contributed by atoms with van der Waals surface area (Å²) >= 11 is 1.20. The Kier molecular flexibility index (Phi) is 7.13. The van der Waals surface area contributed by atoms with E-state index in [0.717, 1.165) is 42.1 Å². The summed E-state index contributed by atoms with van der Waals surface area (Å²) in [5, 5.41) is 7.41. The molecule has 2 aromatic rings. The van der Waals surface area contributed by atoms with E-state index >= 15 is 0 Å². The van der Waals surface area contributed by atoms with Gasteiger partial charge in [0.25, 0.3) is 10.0 Å². The second-order valence-electron chi connectivity index (χ2n) is 7.88. The summed E-state index contributed by atoms with van der Waals surface area (Å²) in [6.45, 7) is 8.55. The van der Waals surface area contributed by atoms with Gasteiger partial charge in [-0.1, -0.05) is 13.3 Å². The number of hydrogen-bond acceptors (Lipinski definition) is 5. The molecule has 1 fully saturated rings. The molecular weight excluding hydrogens is 408 g/mol. The Labute approximate surface area is 177 Å². The van der Waals surface area contributed by atoms with Crippen LogP contribution >= 0.6 is 11.3 Å². The summed E-state index contributed by atoms with van der Waals surface area (Å²) in [6, 6.07) is 5.42. The predicted octanol–water partition coefficient (Wildman–Crippen LogP) is 2.73. The first kappa shape index (κ1) is 22.0. The number of piperidine rings is 1. The molecule has 0 saturated carbocycles. The normalized spacial score (nSPS) is 16.7. The van der Waals surface area contributed by atoms with Crippen molar-refractivity contribution in [3.63, 3.8) is 0 Å². The lowest BCUT2D eigenvalue weighted by molar-refractivity contribution is -0.120. The van der Waals surface area contributed by atoms with E-state index in [-0.39, 0.29) is 18.2 Å². The number of amides is 1. The van der Waals surface area contributed by atoms with Crippen LogP contribution in [0.15, 0.2) is 22.4 Å². The molecule has 1 N–H and O–H groups in total. The number of carbonyl (C=O) groups excluding carboxylic acids is 1. The lowest BCUT2D eigenvalue weighted by Crippen LogP contribution is -2.35. The summed E-state index contributed by atoms with van der Waals surface area (Å²) < 4.78 is 29.3. The first-order valence-corrected chi connectivity index (χ1v) is 12.4. The van der Waals surface area contributed by atoms with Crippen LogP contribution in [-0.4, -0.2) is 48.0 Å². The average Bonchev–Trinajstić information content (AvgIpc) is 3.27. The quantitative estimate of drug-likeness (QED) is 0.687. The molecule has 1 atom stereocenters. The van der Waals surface area contributed by atoms with Gasteiger partial charge < -0.3 is 5.32 Å². The van der Waals surface area contributed by atoms with Gasteiger partial charge in [0.1, 0.15) is 4.21 Å². The molecule has 1 saturated heterocycles. The first-order chi connectivity index (χ1) is 13.8. The van der Waals surface area contributed by atoms with Crippen LogP contribution in [0.2, 0.25) is 0 Å². The number of rotatable bonds is 8. The number of nitrogens with zero attached hydrogens (tertiary/aromatic N) is 3. The van der Waals surface area contributed by atoms with E-state index in [1.807, 2.05) is 24.6 Å². The van der Waals surface area contributed by atoms with E-state index < -0.39 is 10.0 Å². The smallest absolute Gasteiger partial charge is 0.252 e. The number of hydrogen-bond donors (Lipinski definition) is 1. The molecule has 160 valence electrons. The molecule has 0 spiro atoms. The van der Waals surface area contributed by atoms with Crippen LogP contribution in [0.25, 0.3) is 0 Å². The van der Waals surface area contributed by atoms with Crippen molar-refractivity contribution < 1.29 is 13.2 Å². The van der Waals surface area contributed by atoms with Crippen molar-refractivity contribution in [2.75, 3.05) is 19.6 Å². The minimum absolute atomic E-state index is 0.0889. The Morgan fingerprint density at radius 3 is 2.62 bits per heavy atom. The molecular formula is C20H30N4O3S2. The molecule has 3 heterocycles. The Hall–Kier alpha value is -1.71. The maximum Gasteiger partial charge on any atom is 0.252 e. The maximum atomic E-state index is 12.7. The van der Waals surface area contributed by atoms with Crippen LogP contribution in [0.4, 0.5) is 0 Å². The molecule has 1 unspecified atom stereocenters. The Morgan fingerprint density at radius 2 is 1.97 bits per heavy atom. The van der Waals surface area contributed by atoms with Crippen molar-refractivity contribution >= 4 is 27.3 Å². The van der Waals surface area contributed by atoms with Gasteiger partial charge in [-0.3, -0.25) is 9.48 Å². The molecule has 9 heteroatoms. The minimum atomic E-state index is -3.43. The van der Waals surface area contributed by atoms with Crippen LogP contribution in [0.5, 0.6) is 0 Å². The van der Waals surface area contributed by atoms with Crippen LogP contribution in [0.3, 0.4) is 0 Å². The molecule has 0 aromatic carbocycles. The average molecular weight is 439 g/mol. The van der Waals surface area contributed by atoms with Gasteiger partial charge in [0.15, 0.2) is 0 Å². The molecule has 29 heavy (non-hydrogen) atoms. The first-order valence-electron chi connectivity index (χ1n) is 10.1. The fourth-order valence-electron chi connectivity index (χ4n) is 3.55. The molecule has 7 nitrogen and oxygen atoms in total. The summed E-state index contributed by atoms with van der Waals surface area (Å²) in [5.74, 6) is 0.157. The molecule has 2 aromatic heterocycles. The highest BCUT2D eigenvalue weighted by molar-refractivity contribution is 7.91. The number of nitrogens with one attached hydrogen (secondary N) is 1. The van der Waals surface area contributed by atoms with Crippen LogP contribution in [0, 0.1) is 19.8 Å². The van der Waals surface area contributed by atoms with Crippen molar-refractivity contribution in [3.8, 4) is 0 Å². The number of carbonyl (C=O) groups is 1. The molecule has 1 amide bonds. The monoisotopic (exact) mass is 438 g/mol. The van der Waals surface area contributed by atoms with E-state index in [2.05, 4.69) is 17.3 Å². The minimum Gasteiger partial charge on any atom is -0.355 e. The van der Waals surface area contributed by atoms with Gasteiger partial charge in [-0.05, 0) is 50.8 Å². The van der Waals surface area contributed by atoms with Gasteiger partial charge >= 0.3 is 0 Å². The van der Waals surface area contributed by atoms with Crippen molar-refractivity contribution in [3.05, 3.63) is 34.5 Å². The zero-order valence-corrected chi connectivity index (χ0v) is 19.0. The number of sulfonamides is 1. The fraction of sp³-hybridized carbons (Fsp3) is 0.600. The SMILES string of the molecule is Cc1cc(C)n(CC(C)CNC(=O)Cc2ccc(S(=O)(=O)N3CCCCC3)s2)n1. The van der Waals surface area contributed by atoms with E-state index in [9.17, 15) is 13.2 Å². The van der Waals surface area contributed by atoms with Gasteiger partial charge in [-0.2, -0.15) is 9.40 Å². The van der Waals surface area contributed by atoms with Gasteiger partial charge in [-0.25, -0.2) is 8.42 Å². The molecule has 1 aliphatic heterocycles. The molecule has 0 radical (unpaired) electrons. The van der Waals surface area contributed by atoms with E-state index in [0.29, 0.717) is 23.8 Å². The predicted molar refractivity (Wildman–Crippen MR) is 115 cm³/mol. The van der Waals surface area contributed by atoms with Gasteiger partial charge in [0, 0.05) is 36.8 Å². The van der Waals surface area contributed by atoms with Crippen molar-refractivity contribution in [1.82, 2.24) is 19.4 Å². The van der Waals surface area contributed by atoms with Crippen molar-refractivity contribution in [1.29, 1.82) is 0 Å². The third-order valence-corrected chi connectivity index (χ3v) is 8.57. The van der Waals surface area contributed by atoms with E-state index in [1.54, 1.807) is 16.4 Å². The third kappa shape index (κ3) is 5.67. The second-order valence-corrected chi connectivity index (χ2v) is 11.2. The largest absolute Gasteiger partial charge is 0.355 e. The highest BCUT2D eigenvalue weighted by atomic mass is 32.2. The topological polar surface area (TPSA) is 84.3 Å². The van der Waals surface area contributed by atoms with Crippen molar-refractivity contribution in [2.24, 2.45) is 5.92 Å². The Balaban J connectivity index is 1.50. The summed E-state index contributed by atoms with van der Waals surface area (Å²) in [7, 11) is -3.43. The molecule has 0 aliphatic carbocycles. The Bertz CT molecular complexity index is 943. The summed E-state index contributed by atoms with van der Waals surface area (Å²) in [4.78, 5) is 13.1. The third-order valence-electron chi connectivity index (χ3n) is 5.12. The fourth-order valence-corrected chi connectivity index (χ4v) is 6.58. The summed E-state index contributed by atoms with van der Waals surface area (Å²) in [5.41, 5.74) is 2.11. The van der Waals surface area contributed by atoms with Crippen LogP contribution in [-0.2, 0) is 27.8 Å². The number of aryl methyl sites for hydroxylation is 2. The molecule has 0 bridgehead atoms. The lowest BCUT2D eigenvalue weighted by Gasteiger charge is -2.25. The zero-order chi connectivity index (χ0) is 21.0. The summed E-state index contributed by atoms with van der Waals surface area (Å²) in [6.07, 6.45) is 3.11. The van der Waals surface area contributed by atoms with Gasteiger partial charge in [0.05, 0.1) is 12.1 Å². The zero-order valence-electron chi connectivity index (χ0n) is 17.3. The maximum absolute atomic E-state index is 12.7. The second kappa shape index (κ2) is 9.40. The lowest BCUT2D eigenvalue weighted by atomic mass is 10.2. The Morgan fingerprint density at radius 1 is 1.24 bits per heavy atom. The number of aromatic nitrogens is 2. The number of thiophene rings is 1. The van der Waals surface area contributed by atoms with Crippen LogP contribution < -0.4 is 5.32 Å². The van der Waals surface area contributed by atoms with Crippen molar-refractivity contribution in [2.45, 2.75) is 57.2 Å². The van der Waals surface area contributed by atoms with Crippen LogP contribution in [0.1, 0.15) is 42.5 Å². The van der Waals surface area contributed by atoms with Gasteiger partial charge in [-0.15, -0.1) is 11.3 Å². The standard InChI is InChI=1S/C20H30N4O3S2/c1-15(14-24-17(3)11-16(2)22-24)13-21-19(25)12-18-7-8-20(28-18)29(26,27)23-9-5-4-6-10-23/h7-8,11,15H,4-6,9-10,12-14H2,1-3H3,(H,21,25). The highest BCUT2D eigenvalue weighted by Crippen LogP contribution is 2.27. The van der Waals surface area contributed by atoms with E-state index in [1.165, 1.54) is 11.3 Å².